The van der Waals surface area contributed by atoms with Crippen LogP contribution in [0.1, 0.15) is 16.8 Å². The van der Waals surface area contributed by atoms with E-state index in [1.807, 2.05) is 0 Å². The Morgan fingerprint density at radius 3 is 2.47 bits per heavy atom. The van der Waals surface area contributed by atoms with E-state index in [9.17, 15) is 22.4 Å². The van der Waals surface area contributed by atoms with E-state index in [1.54, 1.807) is 0 Å². The van der Waals surface area contributed by atoms with E-state index in [0.29, 0.717) is 0 Å². The number of anilines is 1. The third kappa shape index (κ3) is 2.11. The number of carbonyl (C=O) groups is 1. The summed E-state index contributed by atoms with van der Waals surface area (Å²) in [5, 5.41) is 0. The summed E-state index contributed by atoms with van der Waals surface area (Å²) >= 11 is 0. The van der Waals surface area contributed by atoms with E-state index in [4.69, 9.17) is 0 Å². The highest BCUT2D eigenvalue weighted by Crippen LogP contribution is 2.33. The average Bonchev–Trinajstić information content (AvgIpc) is 2.63. The van der Waals surface area contributed by atoms with Crippen molar-refractivity contribution < 1.29 is 22.4 Å². The minimum Gasteiger partial charge on any atom is -0.363 e. The largest absolute Gasteiger partial charge is 0.363 e. The molecule has 0 unspecified atom stereocenters. The highest BCUT2D eigenvalue weighted by atomic mass is 19.3. The Morgan fingerprint density at radius 1 is 1.24 bits per heavy atom. The molecule has 1 aromatic carbocycles. The molecule has 2 rings (SSSR count). The number of hydrogen-bond acceptors (Lipinski definition) is 2. The van der Waals surface area contributed by atoms with Gasteiger partial charge in [0.25, 0.3) is 5.92 Å². The van der Waals surface area contributed by atoms with Crippen molar-refractivity contribution in [1.29, 1.82) is 0 Å². The van der Waals surface area contributed by atoms with E-state index >= 15 is 0 Å². The van der Waals surface area contributed by atoms with Gasteiger partial charge < -0.3 is 4.90 Å². The van der Waals surface area contributed by atoms with Crippen LogP contribution < -0.4 is 4.90 Å². The van der Waals surface area contributed by atoms with Gasteiger partial charge in [-0.05, 0) is 12.1 Å². The second-order valence-electron chi connectivity index (χ2n) is 3.95. The van der Waals surface area contributed by atoms with Gasteiger partial charge in [0.15, 0.2) is 17.9 Å². The van der Waals surface area contributed by atoms with Crippen molar-refractivity contribution in [3.8, 4) is 0 Å². The first kappa shape index (κ1) is 11.9. The summed E-state index contributed by atoms with van der Waals surface area (Å²) in [7, 11) is 0. The standard InChI is InChI=1S/C11H9F4NO/c12-9-7(5-17)1-2-8(10(9)13)16-4-3-11(14,15)6-16/h1-2,5H,3-4,6H2. The van der Waals surface area contributed by atoms with E-state index < -0.39 is 29.7 Å². The maximum absolute atomic E-state index is 13.5. The number of alkyl halides is 2. The van der Waals surface area contributed by atoms with E-state index in [0.717, 1.165) is 17.0 Å². The Bertz CT molecular complexity index is 461. The van der Waals surface area contributed by atoms with Gasteiger partial charge >= 0.3 is 0 Å². The van der Waals surface area contributed by atoms with Crippen molar-refractivity contribution in [3.63, 3.8) is 0 Å². The van der Waals surface area contributed by atoms with Gasteiger partial charge in [-0.1, -0.05) is 0 Å². The van der Waals surface area contributed by atoms with Crippen molar-refractivity contribution in [2.24, 2.45) is 0 Å². The number of nitrogens with zero attached hydrogens (tertiary/aromatic N) is 1. The van der Waals surface area contributed by atoms with E-state index in [2.05, 4.69) is 0 Å². The summed E-state index contributed by atoms with van der Waals surface area (Å²) in [6.07, 6.45) is -0.204. The first-order valence-corrected chi connectivity index (χ1v) is 5.00. The molecule has 0 radical (unpaired) electrons. The van der Waals surface area contributed by atoms with Crippen molar-refractivity contribution in [1.82, 2.24) is 0 Å². The van der Waals surface area contributed by atoms with Gasteiger partial charge in [-0.25, -0.2) is 17.6 Å². The van der Waals surface area contributed by atoms with Crippen LogP contribution in [0.4, 0.5) is 23.2 Å². The molecule has 6 heteroatoms. The molecule has 1 heterocycles. The number of carbonyl (C=O) groups excluding carboxylic acids is 1. The Hall–Kier alpha value is -1.59. The Morgan fingerprint density at radius 2 is 1.94 bits per heavy atom. The molecule has 1 aromatic rings. The molecule has 1 aliphatic heterocycles. The lowest BCUT2D eigenvalue weighted by atomic mass is 10.2. The van der Waals surface area contributed by atoms with Gasteiger partial charge in [0.2, 0.25) is 0 Å². The average molecular weight is 247 g/mol. The van der Waals surface area contributed by atoms with Crippen molar-refractivity contribution >= 4 is 12.0 Å². The monoisotopic (exact) mass is 247 g/mol. The lowest BCUT2D eigenvalue weighted by Gasteiger charge is -2.19. The van der Waals surface area contributed by atoms with Gasteiger partial charge in [0.05, 0.1) is 17.8 Å². The van der Waals surface area contributed by atoms with Gasteiger partial charge in [-0.15, -0.1) is 0 Å². The lowest BCUT2D eigenvalue weighted by molar-refractivity contribution is 0.0257. The fourth-order valence-electron chi connectivity index (χ4n) is 1.83. The predicted octanol–water partition coefficient (Wildman–Crippen LogP) is 2.62. The molecular weight excluding hydrogens is 238 g/mol. The van der Waals surface area contributed by atoms with Crippen molar-refractivity contribution in [2.45, 2.75) is 12.3 Å². The molecule has 0 amide bonds. The molecule has 0 saturated carbocycles. The van der Waals surface area contributed by atoms with Gasteiger partial charge in [0, 0.05) is 13.0 Å². The van der Waals surface area contributed by atoms with Crippen molar-refractivity contribution in [3.05, 3.63) is 29.3 Å². The maximum atomic E-state index is 13.5. The molecule has 0 atom stereocenters. The molecule has 17 heavy (non-hydrogen) atoms. The zero-order valence-electron chi connectivity index (χ0n) is 8.72. The molecule has 0 aromatic heterocycles. The summed E-state index contributed by atoms with van der Waals surface area (Å²) < 4.78 is 52.7. The zero-order chi connectivity index (χ0) is 12.6. The smallest absolute Gasteiger partial charge is 0.266 e. The number of hydrogen-bond donors (Lipinski definition) is 0. The fourth-order valence-corrected chi connectivity index (χ4v) is 1.83. The quantitative estimate of drug-likeness (QED) is 0.591. The summed E-state index contributed by atoms with van der Waals surface area (Å²) in [4.78, 5) is 11.5. The van der Waals surface area contributed by atoms with Crippen molar-refractivity contribution in [2.75, 3.05) is 18.0 Å². The molecule has 1 aliphatic rings. The maximum Gasteiger partial charge on any atom is 0.266 e. The minimum absolute atomic E-state index is 0.0379. The number of rotatable bonds is 2. The minimum atomic E-state index is -2.88. The lowest BCUT2D eigenvalue weighted by Crippen LogP contribution is -2.26. The molecule has 1 fully saturated rings. The number of aldehydes is 1. The zero-order valence-corrected chi connectivity index (χ0v) is 8.72. The van der Waals surface area contributed by atoms with Crippen LogP contribution in [0.2, 0.25) is 0 Å². The third-order valence-electron chi connectivity index (χ3n) is 2.73. The fraction of sp³-hybridized carbons (Fsp3) is 0.364. The van der Waals surface area contributed by atoms with Crippen LogP contribution in [-0.2, 0) is 0 Å². The summed E-state index contributed by atoms with van der Waals surface area (Å²) in [5.41, 5.74) is -0.650. The molecule has 92 valence electrons. The van der Waals surface area contributed by atoms with Gasteiger partial charge in [0.1, 0.15) is 0 Å². The Labute approximate surface area is 94.8 Å². The van der Waals surface area contributed by atoms with Crippen LogP contribution in [0, 0.1) is 11.6 Å². The van der Waals surface area contributed by atoms with E-state index in [1.165, 1.54) is 0 Å². The normalized spacial score (nSPS) is 18.5. The first-order chi connectivity index (χ1) is 7.94. The van der Waals surface area contributed by atoms with E-state index in [-0.39, 0.29) is 24.9 Å². The molecular formula is C11H9F4NO. The topological polar surface area (TPSA) is 20.3 Å². The third-order valence-corrected chi connectivity index (χ3v) is 2.73. The van der Waals surface area contributed by atoms with Crippen LogP contribution in [0.5, 0.6) is 0 Å². The van der Waals surface area contributed by atoms with Crippen LogP contribution in [-0.4, -0.2) is 25.3 Å². The summed E-state index contributed by atoms with van der Waals surface area (Å²) in [6.45, 7) is -0.673. The van der Waals surface area contributed by atoms with Crippen LogP contribution in [0.15, 0.2) is 12.1 Å². The Kier molecular flexibility index (Phi) is 2.81. The summed E-state index contributed by atoms with van der Waals surface area (Å²) in [6, 6.07) is 2.22. The van der Waals surface area contributed by atoms with Gasteiger partial charge in [-0.3, -0.25) is 4.79 Å². The highest BCUT2D eigenvalue weighted by molar-refractivity contribution is 5.76. The van der Waals surface area contributed by atoms with Crippen LogP contribution >= 0.6 is 0 Å². The summed E-state index contributed by atoms with van der Waals surface area (Å²) in [5.74, 6) is -5.44. The molecule has 0 spiro atoms. The SMILES string of the molecule is O=Cc1ccc(N2CCC(F)(F)C2)c(F)c1F. The second kappa shape index (κ2) is 4.01. The molecule has 0 bridgehead atoms. The second-order valence-corrected chi connectivity index (χ2v) is 3.95. The predicted molar refractivity (Wildman–Crippen MR) is 53.5 cm³/mol. The number of halogens is 4. The molecule has 0 aliphatic carbocycles. The first-order valence-electron chi connectivity index (χ1n) is 5.00. The molecule has 2 nitrogen and oxygen atoms in total. The van der Waals surface area contributed by atoms with Gasteiger partial charge in [-0.2, -0.15) is 0 Å². The number of benzene rings is 1. The molecule has 0 N–H and O–H groups in total. The Balaban J connectivity index is 2.35. The van der Waals surface area contributed by atoms with Crippen LogP contribution in [0.25, 0.3) is 0 Å². The highest BCUT2D eigenvalue weighted by Gasteiger charge is 2.39. The van der Waals surface area contributed by atoms with Crippen LogP contribution in [0.3, 0.4) is 0 Å². The molecule has 1 saturated heterocycles.